The van der Waals surface area contributed by atoms with Crippen LogP contribution >= 0.6 is 0 Å². The van der Waals surface area contributed by atoms with Crippen molar-refractivity contribution < 1.29 is 27.1 Å². The number of pyridine rings is 1. The Kier molecular flexibility index (Phi) is 9.55. The zero-order valence-electron chi connectivity index (χ0n) is 20.1. The topological polar surface area (TPSA) is 63.2 Å². The van der Waals surface area contributed by atoms with Crippen LogP contribution in [0.25, 0.3) is 0 Å². The third-order valence-corrected chi connectivity index (χ3v) is 5.79. The van der Waals surface area contributed by atoms with E-state index < -0.39 is 24.0 Å². The minimum atomic E-state index is -4.51. The highest BCUT2D eigenvalue weighted by molar-refractivity contribution is 5.83. The van der Waals surface area contributed by atoms with Gasteiger partial charge in [0, 0.05) is 25.9 Å². The Morgan fingerprint density at radius 2 is 1.81 bits per heavy atom. The number of aryl methyl sites for hydroxylation is 2. The van der Waals surface area contributed by atoms with Crippen molar-refractivity contribution >= 4 is 5.91 Å². The number of rotatable bonds is 11. The van der Waals surface area contributed by atoms with Crippen molar-refractivity contribution in [1.82, 2.24) is 15.6 Å². The SMILES string of the molecule is COCCNC(=O)C(NC(CCc1ccc(C(F)(F)F)nc1)c1ccc(F)c(C)c1)c1ccccc1. The van der Waals surface area contributed by atoms with Crippen molar-refractivity contribution in [2.75, 3.05) is 20.3 Å². The molecule has 2 atom stereocenters. The molecular formula is C27H29F4N3O2. The van der Waals surface area contributed by atoms with E-state index in [0.717, 1.165) is 17.2 Å². The second-order valence-electron chi connectivity index (χ2n) is 8.44. The molecule has 0 aliphatic rings. The number of methoxy groups -OCH3 is 1. The van der Waals surface area contributed by atoms with Crippen molar-refractivity contribution in [3.63, 3.8) is 0 Å². The average Bonchev–Trinajstić information content (AvgIpc) is 2.86. The molecule has 1 amide bonds. The van der Waals surface area contributed by atoms with Crippen molar-refractivity contribution in [2.24, 2.45) is 0 Å². The fraction of sp³-hybridized carbons (Fsp3) is 0.333. The number of nitrogens with one attached hydrogen (secondary N) is 2. The van der Waals surface area contributed by atoms with Gasteiger partial charge in [-0.15, -0.1) is 0 Å². The number of ether oxygens (including phenoxy) is 1. The Morgan fingerprint density at radius 3 is 2.42 bits per heavy atom. The summed E-state index contributed by atoms with van der Waals surface area (Å²) >= 11 is 0. The number of carbonyl (C=O) groups is 1. The summed E-state index contributed by atoms with van der Waals surface area (Å²) in [5, 5.41) is 6.24. The molecule has 3 aromatic rings. The van der Waals surface area contributed by atoms with Crippen molar-refractivity contribution in [2.45, 2.75) is 38.0 Å². The summed E-state index contributed by atoms with van der Waals surface area (Å²) in [5.41, 5.74) is 1.63. The molecule has 192 valence electrons. The lowest BCUT2D eigenvalue weighted by Crippen LogP contribution is -2.40. The van der Waals surface area contributed by atoms with E-state index in [-0.39, 0.29) is 11.7 Å². The molecule has 0 aliphatic heterocycles. The summed E-state index contributed by atoms with van der Waals surface area (Å²) in [6, 6.07) is 15.1. The van der Waals surface area contributed by atoms with Crippen molar-refractivity contribution in [3.05, 3.63) is 101 Å². The van der Waals surface area contributed by atoms with Crippen LogP contribution in [0.4, 0.5) is 17.6 Å². The van der Waals surface area contributed by atoms with Crippen LogP contribution in [0.1, 0.15) is 46.5 Å². The number of hydrogen-bond donors (Lipinski definition) is 2. The predicted molar refractivity (Wildman–Crippen MR) is 129 cm³/mol. The van der Waals surface area contributed by atoms with E-state index in [1.165, 1.54) is 18.3 Å². The molecule has 2 aromatic carbocycles. The molecule has 0 bridgehead atoms. The molecule has 2 unspecified atom stereocenters. The highest BCUT2D eigenvalue weighted by Crippen LogP contribution is 2.29. The summed E-state index contributed by atoms with van der Waals surface area (Å²) in [5.74, 6) is -0.598. The van der Waals surface area contributed by atoms with E-state index in [0.29, 0.717) is 37.1 Å². The average molecular weight is 504 g/mol. The van der Waals surface area contributed by atoms with Crippen LogP contribution in [0, 0.1) is 12.7 Å². The molecule has 0 spiro atoms. The highest BCUT2D eigenvalue weighted by Gasteiger charge is 2.32. The van der Waals surface area contributed by atoms with Gasteiger partial charge < -0.3 is 10.1 Å². The Bertz CT molecular complexity index is 1120. The van der Waals surface area contributed by atoms with E-state index in [4.69, 9.17) is 4.74 Å². The Hall–Kier alpha value is -3.30. The van der Waals surface area contributed by atoms with E-state index in [2.05, 4.69) is 15.6 Å². The minimum absolute atomic E-state index is 0.252. The van der Waals surface area contributed by atoms with Crippen LogP contribution in [-0.2, 0) is 22.1 Å². The number of alkyl halides is 3. The van der Waals surface area contributed by atoms with E-state index in [9.17, 15) is 22.4 Å². The summed E-state index contributed by atoms with van der Waals surface area (Å²) < 4.78 is 57.6. The van der Waals surface area contributed by atoms with Gasteiger partial charge in [-0.1, -0.05) is 48.5 Å². The van der Waals surface area contributed by atoms with Gasteiger partial charge in [-0.25, -0.2) is 4.39 Å². The van der Waals surface area contributed by atoms with Gasteiger partial charge in [0.15, 0.2) is 0 Å². The number of carbonyl (C=O) groups excluding carboxylic acids is 1. The summed E-state index contributed by atoms with van der Waals surface area (Å²) in [7, 11) is 1.54. The molecule has 1 aromatic heterocycles. The van der Waals surface area contributed by atoms with Crippen LogP contribution in [0.15, 0.2) is 66.9 Å². The second-order valence-corrected chi connectivity index (χ2v) is 8.44. The van der Waals surface area contributed by atoms with Crippen LogP contribution in [0.5, 0.6) is 0 Å². The maximum Gasteiger partial charge on any atom is 0.433 e. The second kappa shape index (κ2) is 12.6. The van der Waals surface area contributed by atoms with Crippen LogP contribution in [0.2, 0.25) is 0 Å². The Balaban J connectivity index is 1.86. The number of hydrogen-bond acceptors (Lipinski definition) is 4. The van der Waals surface area contributed by atoms with Gasteiger partial charge in [0.25, 0.3) is 0 Å². The molecule has 0 saturated heterocycles. The van der Waals surface area contributed by atoms with E-state index in [1.807, 2.05) is 30.3 Å². The fourth-order valence-corrected chi connectivity index (χ4v) is 3.83. The van der Waals surface area contributed by atoms with E-state index in [1.54, 1.807) is 26.2 Å². The Morgan fingerprint density at radius 1 is 1.06 bits per heavy atom. The molecule has 5 nitrogen and oxygen atoms in total. The predicted octanol–water partition coefficient (Wildman–Crippen LogP) is 5.32. The number of amides is 1. The Labute approximate surface area is 207 Å². The lowest BCUT2D eigenvalue weighted by Gasteiger charge is -2.27. The number of nitrogens with zero attached hydrogens (tertiary/aromatic N) is 1. The van der Waals surface area contributed by atoms with Gasteiger partial charge >= 0.3 is 6.18 Å². The molecule has 9 heteroatoms. The molecular weight excluding hydrogens is 474 g/mol. The van der Waals surface area contributed by atoms with Gasteiger partial charge in [-0.05, 0) is 54.2 Å². The maximum absolute atomic E-state index is 14.0. The third-order valence-electron chi connectivity index (χ3n) is 5.79. The normalized spacial score (nSPS) is 13.3. The minimum Gasteiger partial charge on any atom is -0.383 e. The molecule has 0 aliphatic carbocycles. The monoisotopic (exact) mass is 503 g/mol. The molecule has 3 rings (SSSR count). The molecule has 0 fully saturated rings. The number of aromatic nitrogens is 1. The van der Waals surface area contributed by atoms with Gasteiger partial charge in [0.05, 0.1) is 6.61 Å². The first-order valence-corrected chi connectivity index (χ1v) is 11.5. The van der Waals surface area contributed by atoms with Gasteiger partial charge in [-0.2, -0.15) is 13.2 Å². The largest absolute Gasteiger partial charge is 0.433 e. The fourth-order valence-electron chi connectivity index (χ4n) is 3.83. The van der Waals surface area contributed by atoms with E-state index >= 15 is 0 Å². The zero-order chi connectivity index (χ0) is 26.1. The first-order valence-electron chi connectivity index (χ1n) is 11.5. The van der Waals surface area contributed by atoms with Crippen LogP contribution in [-0.4, -0.2) is 31.2 Å². The maximum atomic E-state index is 14.0. The smallest absolute Gasteiger partial charge is 0.383 e. The third kappa shape index (κ3) is 7.60. The molecule has 0 radical (unpaired) electrons. The first-order chi connectivity index (χ1) is 17.2. The molecule has 36 heavy (non-hydrogen) atoms. The summed E-state index contributed by atoms with van der Waals surface area (Å²) in [6.07, 6.45) is -2.46. The summed E-state index contributed by atoms with van der Waals surface area (Å²) in [6.45, 7) is 2.34. The van der Waals surface area contributed by atoms with Crippen molar-refractivity contribution in [3.8, 4) is 0 Å². The zero-order valence-corrected chi connectivity index (χ0v) is 20.1. The number of halogens is 4. The lowest BCUT2D eigenvalue weighted by atomic mass is 9.95. The molecule has 1 heterocycles. The molecule has 2 N–H and O–H groups in total. The standard InChI is InChI=1S/C27H29F4N3O2/c1-18-16-21(10-11-22(18)28)23(12-8-19-9-13-24(33-17-19)27(29,30)31)34-25(20-6-4-3-5-7-20)26(35)32-14-15-36-2/h3-7,9-11,13,16-17,23,25,34H,8,12,14-15H2,1-2H3,(H,32,35). The van der Waals surface area contributed by atoms with Gasteiger partial charge in [0.2, 0.25) is 5.91 Å². The summed E-state index contributed by atoms with van der Waals surface area (Å²) in [4.78, 5) is 16.6. The van der Waals surface area contributed by atoms with Crippen LogP contribution in [0.3, 0.4) is 0 Å². The van der Waals surface area contributed by atoms with Gasteiger partial charge in [0.1, 0.15) is 17.6 Å². The highest BCUT2D eigenvalue weighted by atomic mass is 19.4. The first kappa shape index (κ1) is 27.3. The van der Waals surface area contributed by atoms with Crippen LogP contribution < -0.4 is 10.6 Å². The molecule has 0 saturated carbocycles. The number of benzene rings is 2. The lowest BCUT2D eigenvalue weighted by molar-refractivity contribution is -0.141. The quantitative estimate of drug-likeness (QED) is 0.275. The van der Waals surface area contributed by atoms with Gasteiger partial charge in [-0.3, -0.25) is 15.1 Å². The van der Waals surface area contributed by atoms with Crippen molar-refractivity contribution in [1.29, 1.82) is 0 Å².